The van der Waals surface area contributed by atoms with E-state index in [1.807, 2.05) is 31.2 Å². The van der Waals surface area contributed by atoms with Crippen LogP contribution < -0.4 is 10.1 Å². The van der Waals surface area contributed by atoms with E-state index in [-0.39, 0.29) is 18.3 Å². The highest BCUT2D eigenvalue weighted by Gasteiger charge is 2.16. The lowest BCUT2D eigenvalue weighted by molar-refractivity contribution is -0.122. The highest BCUT2D eigenvalue weighted by Crippen LogP contribution is 2.21. The van der Waals surface area contributed by atoms with Crippen LogP contribution in [0.5, 0.6) is 5.75 Å². The first-order valence-corrected chi connectivity index (χ1v) is 9.32. The van der Waals surface area contributed by atoms with Crippen molar-refractivity contribution in [3.8, 4) is 17.1 Å². The Labute approximate surface area is 167 Å². The number of rotatable bonds is 7. The average Bonchev–Trinajstić information content (AvgIpc) is 3.03. The molecular formula is C20H21FN4O2S. The van der Waals surface area contributed by atoms with Gasteiger partial charge in [-0.25, -0.2) is 4.39 Å². The number of halogens is 1. The van der Waals surface area contributed by atoms with E-state index in [0.717, 1.165) is 11.3 Å². The minimum absolute atomic E-state index is 0.0311. The van der Waals surface area contributed by atoms with E-state index in [1.54, 1.807) is 29.7 Å². The number of carbonyl (C=O) groups is 1. The number of benzene rings is 2. The molecule has 0 aliphatic carbocycles. The first kappa shape index (κ1) is 19.8. The third kappa shape index (κ3) is 4.45. The second kappa shape index (κ2) is 8.79. The molecule has 146 valence electrons. The lowest BCUT2D eigenvalue weighted by Crippen LogP contribution is -2.30. The molecule has 1 heterocycles. The summed E-state index contributed by atoms with van der Waals surface area (Å²) in [7, 11) is 0. The highest BCUT2D eigenvalue weighted by molar-refractivity contribution is 7.71. The molecule has 28 heavy (non-hydrogen) atoms. The predicted octanol–water partition coefficient (Wildman–Crippen LogP) is 4.02. The fraction of sp³-hybridized carbons (Fsp3) is 0.250. The van der Waals surface area contributed by atoms with Gasteiger partial charge in [0.2, 0.25) is 5.91 Å². The summed E-state index contributed by atoms with van der Waals surface area (Å²) in [5, 5.41) is 9.75. The number of nitrogens with zero attached hydrogens (tertiary/aromatic N) is 2. The summed E-state index contributed by atoms with van der Waals surface area (Å²) in [6.45, 7) is 4.20. The lowest BCUT2D eigenvalue weighted by atomic mass is 10.1. The van der Waals surface area contributed by atoms with Crippen LogP contribution in [-0.4, -0.2) is 27.3 Å². The van der Waals surface area contributed by atoms with Crippen LogP contribution in [0, 0.1) is 10.6 Å². The van der Waals surface area contributed by atoms with Gasteiger partial charge in [-0.15, -0.1) is 0 Å². The van der Waals surface area contributed by atoms with Gasteiger partial charge >= 0.3 is 0 Å². The molecule has 0 aliphatic heterocycles. The third-order valence-corrected chi connectivity index (χ3v) is 4.54. The summed E-state index contributed by atoms with van der Waals surface area (Å²) in [5.41, 5.74) is 1.23. The van der Waals surface area contributed by atoms with Crippen molar-refractivity contribution in [2.75, 3.05) is 6.61 Å². The highest BCUT2D eigenvalue weighted by atomic mass is 32.1. The molecule has 0 aliphatic rings. The molecular weight excluding hydrogens is 379 g/mol. The standard InChI is InChI=1S/C20H21FN4O2S/c1-3-27-15-10-8-14(9-11-15)19-23-24-20(28)25(19)12-18(26)22-13(2)16-6-4-5-7-17(16)21/h4-11,13H,3,12H2,1-2H3,(H,22,26)(H,24,28). The zero-order valence-electron chi connectivity index (χ0n) is 15.6. The molecule has 1 aromatic heterocycles. The molecule has 2 N–H and O–H groups in total. The minimum atomic E-state index is -0.469. The maximum absolute atomic E-state index is 13.9. The normalized spacial score (nSPS) is 11.8. The van der Waals surface area contributed by atoms with E-state index in [4.69, 9.17) is 17.0 Å². The monoisotopic (exact) mass is 400 g/mol. The molecule has 0 radical (unpaired) electrons. The summed E-state index contributed by atoms with van der Waals surface area (Å²) in [6, 6.07) is 13.3. The summed E-state index contributed by atoms with van der Waals surface area (Å²) in [5.74, 6) is 0.649. The van der Waals surface area contributed by atoms with Crippen molar-refractivity contribution in [1.29, 1.82) is 0 Å². The number of H-pyrrole nitrogens is 1. The predicted molar refractivity (Wildman–Crippen MR) is 107 cm³/mol. The maximum atomic E-state index is 13.9. The first-order valence-electron chi connectivity index (χ1n) is 8.91. The van der Waals surface area contributed by atoms with Crippen LogP contribution in [0.3, 0.4) is 0 Å². The van der Waals surface area contributed by atoms with Crippen molar-refractivity contribution in [3.63, 3.8) is 0 Å². The third-order valence-electron chi connectivity index (χ3n) is 4.23. The van der Waals surface area contributed by atoms with Crippen molar-refractivity contribution in [2.24, 2.45) is 0 Å². The molecule has 0 bridgehead atoms. The van der Waals surface area contributed by atoms with Crippen LogP contribution in [0.2, 0.25) is 0 Å². The van der Waals surface area contributed by atoms with Crippen molar-refractivity contribution in [3.05, 3.63) is 64.7 Å². The molecule has 2 aromatic carbocycles. The number of aromatic nitrogens is 3. The van der Waals surface area contributed by atoms with Crippen LogP contribution in [0.1, 0.15) is 25.5 Å². The molecule has 1 amide bonds. The lowest BCUT2D eigenvalue weighted by Gasteiger charge is -2.15. The van der Waals surface area contributed by atoms with E-state index >= 15 is 0 Å². The van der Waals surface area contributed by atoms with Crippen LogP contribution >= 0.6 is 12.2 Å². The van der Waals surface area contributed by atoms with Gasteiger partial charge in [-0.3, -0.25) is 14.5 Å². The Bertz CT molecular complexity index is 1010. The Hall–Kier alpha value is -3.00. The molecule has 0 saturated heterocycles. The van der Waals surface area contributed by atoms with Crippen molar-refractivity contribution < 1.29 is 13.9 Å². The van der Waals surface area contributed by atoms with Gasteiger partial charge in [0.15, 0.2) is 10.6 Å². The maximum Gasteiger partial charge on any atom is 0.240 e. The van der Waals surface area contributed by atoms with Crippen LogP contribution in [-0.2, 0) is 11.3 Å². The Balaban J connectivity index is 1.76. The molecule has 0 spiro atoms. The van der Waals surface area contributed by atoms with Gasteiger partial charge in [-0.2, -0.15) is 5.10 Å². The number of carbonyl (C=O) groups excluding carboxylic acids is 1. The number of ether oxygens (including phenoxy) is 1. The summed E-state index contributed by atoms with van der Waals surface area (Å²) in [6.07, 6.45) is 0. The topological polar surface area (TPSA) is 71.9 Å². The molecule has 1 atom stereocenters. The van der Waals surface area contributed by atoms with Gasteiger partial charge in [-0.05, 0) is 56.4 Å². The summed E-state index contributed by atoms with van der Waals surface area (Å²) in [4.78, 5) is 12.5. The number of aromatic amines is 1. The van der Waals surface area contributed by atoms with Crippen LogP contribution in [0.4, 0.5) is 4.39 Å². The van der Waals surface area contributed by atoms with Gasteiger partial charge in [0.25, 0.3) is 0 Å². The first-order chi connectivity index (χ1) is 13.5. The molecule has 0 saturated carbocycles. The van der Waals surface area contributed by atoms with E-state index in [1.165, 1.54) is 6.07 Å². The SMILES string of the molecule is CCOc1ccc(-c2n[nH]c(=S)n2CC(=O)NC(C)c2ccccc2F)cc1. The van der Waals surface area contributed by atoms with Gasteiger partial charge < -0.3 is 10.1 Å². The van der Waals surface area contributed by atoms with Gasteiger partial charge in [0.1, 0.15) is 18.1 Å². The summed E-state index contributed by atoms with van der Waals surface area (Å²) < 4.78 is 21.3. The second-order valence-electron chi connectivity index (χ2n) is 6.21. The molecule has 3 rings (SSSR count). The largest absolute Gasteiger partial charge is 0.494 e. The van der Waals surface area contributed by atoms with E-state index < -0.39 is 6.04 Å². The number of amides is 1. The second-order valence-corrected chi connectivity index (χ2v) is 6.59. The molecule has 1 unspecified atom stereocenters. The Morgan fingerprint density at radius 3 is 2.68 bits per heavy atom. The smallest absolute Gasteiger partial charge is 0.240 e. The number of hydrogen-bond acceptors (Lipinski definition) is 4. The van der Waals surface area contributed by atoms with Crippen molar-refractivity contribution in [2.45, 2.75) is 26.4 Å². The van der Waals surface area contributed by atoms with Gasteiger partial charge in [0.05, 0.1) is 12.6 Å². The minimum Gasteiger partial charge on any atom is -0.494 e. The molecule has 0 fully saturated rings. The average molecular weight is 400 g/mol. The molecule has 6 nitrogen and oxygen atoms in total. The Morgan fingerprint density at radius 1 is 1.29 bits per heavy atom. The van der Waals surface area contributed by atoms with Crippen LogP contribution in [0.25, 0.3) is 11.4 Å². The van der Waals surface area contributed by atoms with E-state index in [0.29, 0.717) is 22.8 Å². The number of nitrogens with one attached hydrogen (secondary N) is 2. The quantitative estimate of drug-likeness (QED) is 0.588. The molecule has 3 aromatic rings. The number of hydrogen-bond donors (Lipinski definition) is 2. The Kier molecular flexibility index (Phi) is 6.20. The van der Waals surface area contributed by atoms with Gasteiger partial charge in [0, 0.05) is 11.1 Å². The van der Waals surface area contributed by atoms with Gasteiger partial charge in [-0.1, -0.05) is 18.2 Å². The summed E-state index contributed by atoms with van der Waals surface area (Å²) >= 11 is 5.27. The van der Waals surface area contributed by atoms with Crippen LogP contribution in [0.15, 0.2) is 48.5 Å². The van der Waals surface area contributed by atoms with Crippen molar-refractivity contribution in [1.82, 2.24) is 20.1 Å². The zero-order valence-corrected chi connectivity index (χ0v) is 16.4. The van der Waals surface area contributed by atoms with E-state index in [9.17, 15) is 9.18 Å². The van der Waals surface area contributed by atoms with Crippen molar-refractivity contribution >= 4 is 18.1 Å². The fourth-order valence-electron chi connectivity index (χ4n) is 2.89. The fourth-order valence-corrected chi connectivity index (χ4v) is 3.08. The zero-order chi connectivity index (χ0) is 20.1. The Morgan fingerprint density at radius 2 is 2.00 bits per heavy atom. The van der Waals surface area contributed by atoms with E-state index in [2.05, 4.69) is 15.5 Å². The molecule has 8 heteroatoms.